The fourth-order valence-electron chi connectivity index (χ4n) is 1.64. The van der Waals surface area contributed by atoms with Gasteiger partial charge in [-0.05, 0) is 29.6 Å². The molecule has 0 unspecified atom stereocenters. The molecule has 0 aliphatic carbocycles. The Morgan fingerprint density at radius 3 is 3.00 bits per heavy atom. The molecule has 3 aromatic rings. The topological polar surface area (TPSA) is 50.9 Å². The number of thiophene rings is 1. The molecule has 1 aromatic carbocycles. The minimum atomic E-state index is 0.772. The second-order valence-corrected chi connectivity index (χ2v) is 5.57. The second kappa shape index (κ2) is 4.35. The fourth-order valence-corrected chi connectivity index (χ4v) is 3.10. The van der Waals surface area contributed by atoms with Crippen LogP contribution in [0.3, 0.4) is 0 Å². The lowest BCUT2D eigenvalue weighted by Crippen LogP contribution is -1.99. The van der Waals surface area contributed by atoms with Gasteiger partial charge in [0.25, 0.3) is 0 Å². The SMILES string of the molecule is Nc1ccsc1CNc1ccc2ncsc2c1. The average Bonchev–Trinajstić information content (AvgIpc) is 2.94. The Morgan fingerprint density at radius 2 is 2.18 bits per heavy atom. The Morgan fingerprint density at radius 1 is 1.24 bits per heavy atom. The van der Waals surface area contributed by atoms with Crippen molar-refractivity contribution in [3.05, 3.63) is 40.0 Å². The number of fused-ring (bicyclic) bond motifs is 1. The van der Waals surface area contributed by atoms with Crippen molar-refractivity contribution in [1.82, 2.24) is 4.98 Å². The maximum Gasteiger partial charge on any atom is 0.0813 e. The first-order valence-electron chi connectivity index (χ1n) is 5.22. The monoisotopic (exact) mass is 261 g/mol. The van der Waals surface area contributed by atoms with Gasteiger partial charge >= 0.3 is 0 Å². The number of nitrogen functional groups attached to an aromatic ring is 1. The summed E-state index contributed by atoms with van der Waals surface area (Å²) in [6.45, 7) is 0.772. The standard InChI is InChI=1S/C12H11N3S2/c13-9-3-4-16-12(9)6-14-8-1-2-10-11(5-8)17-7-15-10/h1-5,7,14H,6,13H2. The largest absolute Gasteiger partial charge is 0.398 e. The number of rotatable bonds is 3. The average molecular weight is 261 g/mol. The zero-order chi connectivity index (χ0) is 11.7. The van der Waals surface area contributed by atoms with Gasteiger partial charge in [-0.1, -0.05) is 0 Å². The zero-order valence-electron chi connectivity index (χ0n) is 9.01. The van der Waals surface area contributed by atoms with Gasteiger partial charge in [0.05, 0.1) is 22.3 Å². The van der Waals surface area contributed by atoms with Crippen LogP contribution < -0.4 is 11.1 Å². The van der Waals surface area contributed by atoms with E-state index >= 15 is 0 Å². The Kier molecular flexibility index (Phi) is 2.70. The van der Waals surface area contributed by atoms with Crippen LogP contribution in [0.15, 0.2) is 35.2 Å². The lowest BCUT2D eigenvalue weighted by atomic mass is 10.3. The van der Waals surface area contributed by atoms with Crippen molar-refractivity contribution >= 4 is 44.3 Å². The molecule has 0 aliphatic heterocycles. The Bertz CT molecular complexity index is 642. The lowest BCUT2D eigenvalue weighted by molar-refractivity contribution is 1.20. The third kappa shape index (κ3) is 2.11. The Labute approximate surface area is 107 Å². The van der Waals surface area contributed by atoms with Gasteiger partial charge in [0.15, 0.2) is 0 Å². The highest BCUT2D eigenvalue weighted by molar-refractivity contribution is 7.16. The van der Waals surface area contributed by atoms with Gasteiger partial charge in [0, 0.05) is 16.3 Å². The molecule has 0 bridgehead atoms. The molecule has 2 heterocycles. The summed E-state index contributed by atoms with van der Waals surface area (Å²) in [6.07, 6.45) is 0. The van der Waals surface area contributed by atoms with Crippen molar-refractivity contribution in [3.63, 3.8) is 0 Å². The summed E-state index contributed by atoms with van der Waals surface area (Å²) < 4.78 is 1.20. The van der Waals surface area contributed by atoms with E-state index in [4.69, 9.17) is 5.73 Å². The van der Waals surface area contributed by atoms with Crippen LogP contribution in [0.25, 0.3) is 10.2 Å². The molecule has 0 amide bonds. The van der Waals surface area contributed by atoms with E-state index in [0.717, 1.165) is 23.4 Å². The lowest BCUT2D eigenvalue weighted by Gasteiger charge is -2.05. The molecule has 0 radical (unpaired) electrons. The van der Waals surface area contributed by atoms with Crippen molar-refractivity contribution in [2.45, 2.75) is 6.54 Å². The molecule has 17 heavy (non-hydrogen) atoms. The summed E-state index contributed by atoms with van der Waals surface area (Å²) in [5, 5.41) is 5.39. The van der Waals surface area contributed by atoms with Crippen LogP contribution in [-0.2, 0) is 6.54 Å². The second-order valence-electron chi connectivity index (χ2n) is 3.69. The predicted molar refractivity (Wildman–Crippen MR) is 75.7 cm³/mol. The van der Waals surface area contributed by atoms with Crippen LogP contribution in [-0.4, -0.2) is 4.98 Å². The van der Waals surface area contributed by atoms with Gasteiger partial charge in [-0.15, -0.1) is 22.7 Å². The molecule has 0 fully saturated rings. The van der Waals surface area contributed by atoms with E-state index in [2.05, 4.69) is 16.4 Å². The third-order valence-electron chi connectivity index (χ3n) is 2.56. The first kappa shape index (κ1) is 10.6. The molecule has 0 spiro atoms. The highest BCUT2D eigenvalue weighted by Crippen LogP contribution is 2.24. The van der Waals surface area contributed by atoms with E-state index in [0.29, 0.717) is 0 Å². The van der Waals surface area contributed by atoms with Crippen molar-refractivity contribution in [1.29, 1.82) is 0 Å². The van der Waals surface area contributed by atoms with Crippen LogP contribution in [0.2, 0.25) is 0 Å². The van der Waals surface area contributed by atoms with E-state index in [-0.39, 0.29) is 0 Å². The van der Waals surface area contributed by atoms with E-state index in [1.807, 2.05) is 29.1 Å². The van der Waals surface area contributed by atoms with Crippen LogP contribution in [0.4, 0.5) is 11.4 Å². The Balaban J connectivity index is 1.78. The van der Waals surface area contributed by atoms with E-state index in [1.165, 1.54) is 9.58 Å². The molecular formula is C12H11N3S2. The van der Waals surface area contributed by atoms with Crippen molar-refractivity contribution in [2.75, 3.05) is 11.1 Å². The highest BCUT2D eigenvalue weighted by atomic mass is 32.1. The molecule has 3 N–H and O–H groups in total. The first-order valence-corrected chi connectivity index (χ1v) is 6.98. The van der Waals surface area contributed by atoms with Crippen LogP contribution in [0.1, 0.15) is 4.88 Å². The molecular weight excluding hydrogens is 250 g/mol. The van der Waals surface area contributed by atoms with Crippen molar-refractivity contribution in [2.24, 2.45) is 0 Å². The molecule has 5 heteroatoms. The number of thiazole rings is 1. The van der Waals surface area contributed by atoms with Crippen molar-refractivity contribution in [3.8, 4) is 0 Å². The summed E-state index contributed by atoms with van der Waals surface area (Å²) in [5.74, 6) is 0. The predicted octanol–water partition coefficient (Wildman–Crippen LogP) is 3.55. The number of benzene rings is 1. The van der Waals surface area contributed by atoms with Gasteiger partial charge in [-0.25, -0.2) is 4.98 Å². The smallest absolute Gasteiger partial charge is 0.0813 e. The summed E-state index contributed by atoms with van der Waals surface area (Å²) in [4.78, 5) is 5.43. The van der Waals surface area contributed by atoms with Gasteiger partial charge in [0.1, 0.15) is 0 Å². The molecule has 0 atom stereocenters. The number of nitrogens with one attached hydrogen (secondary N) is 1. The Hall–Kier alpha value is -1.59. The number of nitrogens with two attached hydrogens (primary N) is 1. The molecule has 3 rings (SSSR count). The maximum absolute atomic E-state index is 5.84. The summed E-state index contributed by atoms with van der Waals surface area (Å²) in [6, 6.07) is 8.14. The van der Waals surface area contributed by atoms with Gasteiger partial charge in [0.2, 0.25) is 0 Å². The van der Waals surface area contributed by atoms with E-state index < -0.39 is 0 Å². The van der Waals surface area contributed by atoms with E-state index in [9.17, 15) is 0 Å². The minimum Gasteiger partial charge on any atom is -0.398 e. The minimum absolute atomic E-state index is 0.772. The molecule has 0 saturated carbocycles. The molecule has 2 aromatic heterocycles. The molecule has 3 nitrogen and oxygen atoms in total. The molecule has 86 valence electrons. The van der Waals surface area contributed by atoms with Crippen LogP contribution in [0.5, 0.6) is 0 Å². The number of hydrogen-bond donors (Lipinski definition) is 2. The molecule has 0 saturated heterocycles. The maximum atomic E-state index is 5.84. The summed E-state index contributed by atoms with van der Waals surface area (Å²) >= 11 is 3.33. The van der Waals surface area contributed by atoms with E-state index in [1.54, 1.807) is 22.7 Å². The number of aromatic nitrogens is 1. The summed E-state index contributed by atoms with van der Waals surface area (Å²) in [7, 11) is 0. The van der Waals surface area contributed by atoms with Gasteiger partial charge in [-0.2, -0.15) is 0 Å². The molecule has 0 aliphatic rings. The fraction of sp³-hybridized carbons (Fsp3) is 0.0833. The number of hydrogen-bond acceptors (Lipinski definition) is 5. The summed E-state index contributed by atoms with van der Waals surface area (Å²) in [5.41, 5.74) is 10.7. The highest BCUT2D eigenvalue weighted by Gasteiger charge is 2.02. The quantitative estimate of drug-likeness (QED) is 0.758. The van der Waals surface area contributed by atoms with Crippen LogP contribution >= 0.6 is 22.7 Å². The van der Waals surface area contributed by atoms with Gasteiger partial charge in [-0.3, -0.25) is 0 Å². The third-order valence-corrected chi connectivity index (χ3v) is 4.29. The van der Waals surface area contributed by atoms with Crippen molar-refractivity contribution < 1.29 is 0 Å². The van der Waals surface area contributed by atoms with Crippen LogP contribution in [0, 0.1) is 0 Å². The normalized spacial score (nSPS) is 10.8. The van der Waals surface area contributed by atoms with Gasteiger partial charge < -0.3 is 11.1 Å². The first-order chi connectivity index (χ1) is 8.33. The number of nitrogens with zero attached hydrogens (tertiary/aromatic N) is 1. The zero-order valence-corrected chi connectivity index (χ0v) is 10.6. The number of anilines is 2.